The molecule has 0 aliphatic carbocycles. The highest BCUT2D eigenvalue weighted by Crippen LogP contribution is 2.26. The van der Waals surface area contributed by atoms with Gasteiger partial charge in [0.2, 0.25) is 0 Å². The van der Waals surface area contributed by atoms with Crippen molar-refractivity contribution < 1.29 is 13.5 Å². The van der Waals surface area contributed by atoms with Crippen LogP contribution in [0.15, 0.2) is 23.6 Å². The fourth-order valence-corrected chi connectivity index (χ4v) is 2.79. The third-order valence-electron chi connectivity index (χ3n) is 2.78. The molecule has 0 saturated heterocycles. The zero-order chi connectivity index (χ0) is 14.5. The van der Waals surface area contributed by atoms with Gasteiger partial charge in [-0.3, -0.25) is 0 Å². The number of alkyl halides is 3. The molecule has 0 aliphatic heterocycles. The van der Waals surface area contributed by atoms with Crippen molar-refractivity contribution in [3.63, 3.8) is 0 Å². The standard InChI is InChI=1S/C14H14ClF2NOS/c1-9-4-10(14-18-12(5-15)8-20-14)2-3-11(9)6-19-7-13(16)17/h2-4,8,13H,5-7H2,1H3. The maximum atomic E-state index is 12.0. The molecule has 1 heterocycles. The lowest BCUT2D eigenvalue weighted by molar-refractivity contribution is 0.00973. The fourth-order valence-electron chi connectivity index (χ4n) is 1.75. The smallest absolute Gasteiger partial charge is 0.261 e. The molecule has 1 aromatic heterocycles. The van der Waals surface area contributed by atoms with Gasteiger partial charge in [-0.2, -0.15) is 0 Å². The van der Waals surface area contributed by atoms with E-state index in [1.54, 1.807) is 0 Å². The molecular weight excluding hydrogens is 304 g/mol. The number of aromatic nitrogens is 1. The summed E-state index contributed by atoms with van der Waals surface area (Å²) < 4.78 is 29.0. The van der Waals surface area contributed by atoms with E-state index in [0.717, 1.165) is 27.4 Å². The largest absolute Gasteiger partial charge is 0.371 e. The predicted molar refractivity (Wildman–Crippen MR) is 77.5 cm³/mol. The summed E-state index contributed by atoms with van der Waals surface area (Å²) in [6.45, 7) is 1.59. The number of hydrogen-bond acceptors (Lipinski definition) is 3. The van der Waals surface area contributed by atoms with E-state index in [4.69, 9.17) is 16.3 Å². The Kier molecular flexibility index (Phi) is 5.46. The second-order valence-corrected chi connectivity index (χ2v) is 5.45. The lowest BCUT2D eigenvalue weighted by atomic mass is 10.1. The lowest BCUT2D eigenvalue weighted by Crippen LogP contribution is -2.05. The van der Waals surface area contributed by atoms with Crippen LogP contribution in [0.25, 0.3) is 10.6 Å². The third-order valence-corrected chi connectivity index (χ3v) is 3.99. The van der Waals surface area contributed by atoms with Gasteiger partial charge in [0.05, 0.1) is 18.2 Å². The van der Waals surface area contributed by atoms with Crippen LogP contribution >= 0.6 is 22.9 Å². The molecule has 20 heavy (non-hydrogen) atoms. The summed E-state index contributed by atoms with van der Waals surface area (Å²) in [5, 5.41) is 2.83. The summed E-state index contributed by atoms with van der Waals surface area (Å²) in [7, 11) is 0. The lowest BCUT2D eigenvalue weighted by Gasteiger charge is -2.08. The number of rotatable bonds is 6. The number of halogens is 3. The molecule has 0 atom stereocenters. The Balaban J connectivity index is 2.09. The topological polar surface area (TPSA) is 22.1 Å². The molecular formula is C14H14ClF2NOS. The molecule has 0 radical (unpaired) electrons. The van der Waals surface area contributed by atoms with Crippen molar-refractivity contribution in [2.24, 2.45) is 0 Å². The zero-order valence-electron chi connectivity index (χ0n) is 10.9. The molecule has 6 heteroatoms. The number of benzene rings is 1. The Morgan fingerprint density at radius 1 is 1.40 bits per heavy atom. The molecule has 0 bridgehead atoms. The molecule has 0 spiro atoms. The molecule has 2 nitrogen and oxygen atoms in total. The van der Waals surface area contributed by atoms with E-state index in [-0.39, 0.29) is 6.61 Å². The van der Waals surface area contributed by atoms with Crippen LogP contribution in [0.3, 0.4) is 0 Å². The van der Waals surface area contributed by atoms with Crippen LogP contribution in [0.5, 0.6) is 0 Å². The van der Waals surface area contributed by atoms with E-state index in [0.29, 0.717) is 5.88 Å². The predicted octanol–water partition coefficient (Wildman–Crippen LogP) is 4.64. The highest BCUT2D eigenvalue weighted by molar-refractivity contribution is 7.13. The number of thiazole rings is 1. The Labute approximate surface area is 125 Å². The minimum atomic E-state index is -2.43. The fraction of sp³-hybridized carbons (Fsp3) is 0.357. The minimum Gasteiger partial charge on any atom is -0.371 e. The molecule has 0 aliphatic rings. The van der Waals surface area contributed by atoms with Crippen LogP contribution in [0.2, 0.25) is 0 Å². The highest BCUT2D eigenvalue weighted by Gasteiger charge is 2.08. The second kappa shape index (κ2) is 7.11. The van der Waals surface area contributed by atoms with Gasteiger partial charge >= 0.3 is 0 Å². The van der Waals surface area contributed by atoms with Gasteiger partial charge < -0.3 is 4.74 Å². The quantitative estimate of drug-likeness (QED) is 0.724. The van der Waals surface area contributed by atoms with Crippen molar-refractivity contribution in [2.45, 2.75) is 25.8 Å². The average Bonchev–Trinajstić information content (AvgIpc) is 2.89. The van der Waals surface area contributed by atoms with Crippen LogP contribution in [0.4, 0.5) is 8.78 Å². The second-order valence-electron chi connectivity index (χ2n) is 4.33. The summed E-state index contributed by atoms with van der Waals surface area (Å²) in [5.74, 6) is 0.398. The first-order valence-corrected chi connectivity index (χ1v) is 7.47. The molecule has 2 rings (SSSR count). The molecule has 0 N–H and O–H groups in total. The van der Waals surface area contributed by atoms with Crippen LogP contribution in [0, 0.1) is 6.92 Å². The summed E-state index contributed by atoms with van der Waals surface area (Å²) >= 11 is 7.27. The SMILES string of the molecule is Cc1cc(-c2nc(CCl)cs2)ccc1COCC(F)F. The van der Waals surface area contributed by atoms with Gasteiger partial charge in [0.25, 0.3) is 6.43 Å². The first kappa shape index (κ1) is 15.4. The summed E-state index contributed by atoms with van der Waals surface area (Å²) in [6, 6.07) is 5.79. The van der Waals surface area contributed by atoms with Gasteiger partial charge in [-0.25, -0.2) is 13.8 Å². The monoisotopic (exact) mass is 317 g/mol. The zero-order valence-corrected chi connectivity index (χ0v) is 12.5. The van der Waals surface area contributed by atoms with Crippen molar-refractivity contribution in [2.75, 3.05) is 6.61 Å². The van der Waals surface area contributed by atoms with Crippen molar-refractivity contribution in [1.29, 1.82) is 0 Å². The van der Waals surface area contributed by atoms with Gasteiger partial charge in [-0.1, -0.05) is 12.1 Å². The van der Waals surface area contributed by atoms with Crippen molar-refractivity contribution in [3.05, 3.63) is 40.4 Å². The molecule has 0 saturated carbocycles. The summed E-state index contributed by atoms with van der Waals surface area (Å²) in [5.41, 5.74) is 3.76. The summed E-state index contributed by atoms with van der Waals surface area (Å²) in [4.78, 5) is 4.41. The minimum absolute atomic E-state index is 0.196. The van der Waals surface area contributed by atoms with E-state index >= 15 is 0 Å². The molecule has 2 aromatic rings. The van der Waals surface area contributed by atoms with Gasteiger partial charge in [0.1, 0.15) is 11.6 Å². The van der Waals surface area contributed by atoms with Crippen LogP contribution < -0.4 is 0 Å². The molecule has 0 fully saturated rings. The Morgan fingerprint density at radius 3 is 2.80 bits per heavy atom. The highest BCUT2D eigenvalue weighted by atomic mass is 35.5. The Hall–Kier alpha value is -1.04. The normalized spacial score (nSPS) is 11.2. The number of nitrogens with zero attached hydrogens (tertiary/aromatic N) is 1. The molecule has 0 amide bonds. The maximum absolute atomic E-state index is 12.0. The Bertz CT molecular complexity index is 574. The van der Waals surface area contributed by atoms with E-state index in [1.165, 1.54) is 11.3 Å². The van der Waals surface area contributed by atoms with Crippen LogP contribution in [-0.4, -0.2) is 18.0 Å². The van der Waals surface area contributed by atoms with Crippen LogP contribution in [0.1, 0.15) is 16.8 Å². The molecule has 0 unspecified atom stereocenters. The van der Waals surface area contributed by atoms with Gasteiger partial charge in [0.15, 0.2) is 0 Å². The number of aryl methyl sites for hydroxylation is 1. The average molecular weight is 318 g/mol. The summed E-state index contributed by atoms with van der Waals surface area (Å²) in [6.07, 6.45) is -2.43. The van der Waals surface area contributed by atoms with Crippen molar-refractivity contribution in [1.82, 2.24) is 4.98 Å². The first-order valence-electron chi connectivity index (χ1n) is 6.06. The number of ether oxygens (including phenoxy) is 1. The first-order chi connectivity index (χ1) is 9.60. The molecule has 1 aromatic carbocycles. The van der Waals surface area contributed by atoms with Crippen molar-refractivity contribution >= 4 is 22.9 Å². The van der Waals surface area contributed by atoms with Crippen LogP contribution in [-0.2, 0) is 17.2 Å². The van der Waals surface area contributed by atoms with E-state index in [1.807, 2.05) is 30.5 Å². The third kappa shape index (κ3) is 3.98. The van der Waals surface area contributed by atoms with E-state index < -0.39 is 13.0 Å². The Morgan fingerprint density at radius 2 is 2.20 bits per heavy atom. The van der Waals surface area contributed by atoms with Gasteiger partial charge in [-0.05, 0) is 24.1 Å². The van der Waals surface area contributed by atoms with Crippen molar-refractivity contribution in [3.8, 4) is 10.6 Å². The maximum Gasteiger partial charge on any atom is 0.261 e. The van der Waals surface area contributed by atoms with Gasteiger partial charge in [0, 0.05) is 10.9 Å². The van der Waals surface area contributed by atoms with Gasteiger partial charge in [-0.15, -0.1) is 22.9 Å². The van der Waals surface area contributed by atoms with E-state index in [2.05, 4.69) is 4.98 Å². The molecule has 108 valence electrons. The van der Waals surface area contributed by atoms with E-state index in [9.17, 15) is 8.78 Å². The number of hydrogen-bond donors (Lipinski definition) is 0.